The maximum absolute atomic E-state index is 14.3. The number of oxime groups is 1. The number of alkyl halides is 3. The molecule has 7 nitrogen and oxygen atoms in total. The van der Waals surface area contributed by atoms with Crippen LogP contribution in [0.25, 0.3) is 33.2 Å². The van der Waals surface area contributed by atoms with Gasteiger partial charge in [-0.2, -0.15) is 13.2 Å². The van der Waals surface area contributed by atoms with Gasteiger partial charge in [0.05, 0.1) is 31.5 Å². The van der Waals surface area contributed by atoms with Gasteiger partial charge >= 0.3 is 6.18 Å². The minimum absolute atomic E-state index is 0.0385. The van der Waals surface area contributed by atoms with Crippen molar-refractivity contribution in [1.82, 2.24) is 9.97 Å². The van der Waals surface area contributed by atoms with Crippen LogP contribution in [0.1, 0.15) is 5.56 Å². The van der Waals surface area contributed by atoms with E-state index in [1.807, 2.05) is 0 Å². The van der Waals surface area contributed by atoms with Gasteiger partial charge in [-0.05, 0) is 36.4 Å². The Morgan fingerprint density at radius 3 is 2.58 bits per heavy atom. The van der Waals surface area contributed by atoms with Gasteiger partial charge in [0.25, 0.3) is 0 Å². The van der Waals surface area contributed by atoms with Gasteiger partial charge in [0, 0.05) is 36.9 Å². The standard InChI is InChI=1S/C24H21BrClF3N4O3/c1-33(2,12-20(34)35)7-8-36-32-23(24(27,28)29)21-16-5-3-14(25)11-18(16)31-22(21)19-10-13-9-15(26)4-6-17(13)30-19/h3-6,9-11H,7-8,12H2,1-2H3,(H2-,30,31,32,34,35). The zero-order valence-electron chi connectivity index (χ0n) is 19.2. The number of carboxylic acids is 1. The van der Waals surface area contributed by atoms with E-state index in [0.717, 1.165) is 5.39 Å². The van der Waals surface area contributed by atoms with E-state index in [-0.39, 0.29) is 35.4 Å². The molecule has 0 unspecified atom stereocenters. The summed E-state index contributed by atoms with van der Waals surface area (Å²) in [7, 11) is 3.21. The number of aromatic nitrogens is 2. The van der Waals surface area contributed by atoms with Gasteiger partial charge in [-0.1, -0.05) is 38.8 Å². The van der Waals surface area contributed by atoms with Gasteiger partial charge in [-0.25, -0.2) is 0 Å². The number of rotatable bonds is 8. The van der Waals surface area contributed by atoms with E-state index in [2.05, 4.69) is 31.1 Å². The first-order chi connectivity index (χ1) is 16.8. The van der Waals surface area contributed by atoms with Crippen molar-refractivity contribution < 1.29 is 32.4 Å². The largest absolute Gasteiger partial charge is 0.544 e. The summed E-state index contributed by atoms with van der Waals surface area (Å²) in [6.07, 6.45) is -4.85. The number of benzene rings is 2. The topological polar surface area (TPSA) is 93.3 Å². The molecule has 0 aliphatic carbocycles. The minimum atomic E-state index is -4.85. The fourth-order valence-corrected chi connectivity index (χ4v) is 4.46. The molecule has 12 heteroatoms. The molecule has 0 aliphatic heterocycles. The van der Waals surface area contributed by atoms with E-state index < -0.39 is 17.9 Å². The summed E-state index contributed by atoms with van der Waals surface area (Å²) >= 11 is 9.43. The number of carbonyl (C=O) groups is 1. The van der Waals surface area contributed by atoms with Crippen molar-refractivity contribution in [3.63, 3.8) is 0 Å². The predicted molar refractivity (Wildman–Crippen MR) is 134 cm³/mol. The zero-order valence-corrected chi connectivity index (χ0v) is 21.5. The smallest absolute Gasteiger partial charge is 0.437 e. The number of aromatic amines is 2. The summed E-state index contributed by atoms with van der Waals surface area (Å²) in [5, 5.41) is 15.9. The molecular weight excluding hydrogens is 565 g/mol. The molecule has 0 spiro atoms. The van der Waals surface area contributed by atoms with Crippen LogP contribution >= 0.6 is 27.5 Å². The first-order valence-corrected chi connectivity index (χ1v) is 11.9. The van der Waals surface area contributed by atoms with Crippen LogP contribution in [0.4, 0.5) is 13.2 Å². The molecule has 0 saturated heterocycles. The summed E-state index contributed by atoms with van der Waals surface area (Å²) in [4.78, 5) is 22.2. The third kappa shape index (κ3) is 5.69. The quantitative estimate of drug-likeness (QED) is 0.134. The summed E-state index contributed by atoms with van der Waals surface area (Å²) in [5.41, 5.74) is 0.380. The number of fused-ring (bicyclic) bond motifs is 2. The highest BCUT2D eigenvalue weighted by Crippen LogP contribution is 2.37. The number of likely N-dealkylation sites (N-methyl/N-ethyl adjacent to an activating group) is 1. The van der Waals surface area contributed by atoms with Crippen LogP contribution < -0.4 is 5.11 Å². The lowest BCUT2D eigenvalue weighted by Crippen LogP contribution is -2.49. The average Bonchev–Trinajstić information content (AvgIpc) is 3.32. The van der Waals surface area contributed by atoms with Crippen LogP contribution in [-0.4, -0.2) is 66.1 Å². The Hall–Kier alpha value is -3.02. The molecule has 0 radical (unpaired) electrons. The van der Waals surface area contributed by atoms with E-state index in [0.29, 0.717) is 31.6 Å². The fourth-order valence-electron chi connectivity index (χ4n) is 3.92. The summed E-state index contributed by atoms with van der Waals surface area (Å²) in [6, 6.07) is 11.7. The van der Waals surface area contributed by atoms with Crippen molar-refractivity contribution in [3.8, 4) is 11.4 Å². The van der Waals surface area contributed by atoms with Crippen molar-refractivity contribution in [2.45, 2.75) is 6.18 Å². The van der Waals surface area contributed by atoms with Gasteiger partial charge in [0.15, 0.2) is 12.3 Å². The van der Waals surface area contributed by atoms with Crippen LogP contribution in [0.2, 0.25) is 5.02 Å². The Kier molecular flexibility index (Phi) is 7.09. The number of H-pyrrole nitrogens is 2. The summed E-state index contributed by atoms with van der Waals surface area (Å²) < 4.78 is 43.6. The Morgan fingerprint density at radius 2 is 1.89 bits per heavy atom. The Balaban J connectivity index is 1.80. The third-order valence-corrected chi connectivity index (χ3v) is 6.35. The van der Waals surface area contributed by atoms with Crippen LogP contribution in [0.3, 0.4) is 0 Å². The first-order valence-electron chi connectivity index (χ1n) is 10.7. The molecule has 0 fully saturated rings. The second kappa shape index (κ2) is 9.79. The number of carbonyl (C=O) groups excluding carboxylic acids is 1. The Bertz CT molecular complexity index is 1480. The Morgan fingerprint density at radius 1 is 1.14 bits per heavy atom. The van der Waals surface area contributed by atoms with E-state index in [9.17, 15) is 23.1 Å². The maximum Gasteiger partial charge on any atom is 0.437 e. The molecule has 4 rings (SSSR count). The van der Waals surface area contributed by atoms with Crippen molar-refractivity contribution in [2.24, 2.45) is 5.16 Å². The molecule has 0 atom stereocenters. The molecule has 2 aromatic heterocycles. The molecule has 2 heterocycles. The second-order valence-corrected chi connectivity index (χ2v) is 10.3. The molecule has 0 saturated carbocycles. The zero-order chi connectivity index (χ0) is 26.3. The molecule has 0 bridgehead atoms. The normalized spacial score (nSPS) is 13.0. The highest BCUT2D eigenvalue weighted by molar-refractivity contribution is 9.10. The molecule has 0 amide bonds. The molecule has 2 aromatic carbocycles. The van der Waals surface area contributed by atoms with Crippen molar-refractivity contribution in [1.29, 1.82) is 0 Å². The van der Waals surface area contributed by atoms with Crippen LogP contribution in [0, 0.1) is 0 Å². The number of nitrogens with one attached hydrogen (secondary N) is 2. The molecule has 0 aliphatic rings. The molecule has 190 valence electrons. The minimum Gasteiger partial charge on any atom is -0.544 e. The predicted octanol–water partition coefficient (Wildman–Crippen LogP) is 4.84. The van der Waals surface area contributed by atoms with E-state index in [1.54, 1.807) is 56.6 Å². The fraction of sp³-hybridized carbons (Fsp3) is 0.250. The highest BCUT2D eigenvalue weighted by atomic mass is 79.9. The molecule has 2 N–H and O–H groups in total. The van der Waals surface area contributed by atoms with Crippen molar-refractivity contribution >= 4 is 61.0 Å². The number of hydrogen-bond acceptors (Lipinski definition) is 4. The number of carboxylic acid groups (broad SMARTS) is 1. The summed E-state index contributed by atoms with van der Waals surface area (Å²) in [5.74, 6) is -1.27. The lowest BCUT2D eigenvalue weighted by atomic mass is 10.0. The van der Waals surface area contributed by atoms with E-state index >= 15 is 0 Å². The van der Waals surface area contributed by atoms with Gasteiger partial charge in [0.1, 0.15) is 13.1 Å². The van der Waals surface area contributed by atoms with Crippen molar-refractivity contribution in [2.75, 3.05) is 33.8 Å². The monoisotopic (exact) mass is 584 g/mol. The van der Waals surface area contributed by atoms with Crippen molar-refractivity contribution in [3.05, 3.63) is 57.5 Å². The van der Waals surface area contributed by atoms with E-state index in [4.69, 9.17) is 16.4 Å². The van der Waals surface area contributed by atoms with Crippen LogP contribution in [0.5, 0.6) is 0 Å². The number of hydrogen-bond donors (Lipinski definition) is 2. The first kappa shape index (κ1) is 26.1. The average molecular weight is 586 g/mol. The van der Waals surface area contributed by atoms with Gasteiger partial charge in [0.2, 0.25) is 0 Å². The third-order valence-electron chi connectivity index (χ3n) is 5.62. The number of aliphatic carboxylic acids is 1. The maximum atomic E-state index is 14.3. The second-order valence-electron chi connectivity index (χ2n) is 8.94. The highest BCUT2D eigenvalue weighted by Gasteiger charge is 2.41. The van der Waals surface area contributed by atoms with Crippen LogP contribution in [0.15, 0.2) is 52.1 Å². The SMILES string of the molecule is C[N+](C)(CCO/N=C(\c1c(-c2cc3cc(Cl)ccc3[nH]2)[nH]c2cc(Br)ccc12)C(F)(F)F)CC(=O)[O-]. The van der Waals surface area contributed by atoms with E-state index in [1.165, 1.54) is 0 Å². The lowest BCUT2D eigenvalue weighted by Gasteiger charge is -2.29. The molecule has 4 aromatic rings. The number of nitrogens with zero attached hydrogens (tertiary/aromatic N) is 2. The summed E-state index contributed by atoms with van der Waals surface area (Å²) in [6.45, 7) is -0.432. The Labute approximate surface area is 217 Å². The van der Waals surface area contributed by atoms with Gasteiger partial charge in [-0.15, -0.1) is 0 Å². The number of halogens is 5. The van der Waals surface area contributed by atoms with Crippen LogP contribution in [-0.2, 0) is 9.63 Å². The molecular formula is C24H21BrClF3N4O3. The number of quaternary nitrogens is 1. The lowest BCUT2D eigenvalue weighted by molar-refractivity contribution is -0.885. The van der Waals surface area contributed by atoms with Gasteiger partial charge in [-0.3, -0.25) is 0 Å². The van der Waals surface area contributed by atoms with Gasteiger partial charge < -0.3 is 29.2 Å². The molecule has 36 heavy (non-hydrogen) atoms.